The van der Waals surface area contributed by atoms with Crippen LogP contribution in [0.3, 0.4) is 0 Å². The Bertz CT molecular complexity index is 173. The van der Waals surface area contributed by atoms with Crippen LogP contribution in [-0.2, 0) is 0 Å². The molecule has 0 N–H and O–H groups in total. The maximum absolute atomic E-state index is 13.4. The number of rotatable bonds is 2. The van der Waals surface area contributed by atoms with E-state index in [-0.39, 0.29) is 12.3 Å². The third-order valence-electron chi connectivity index (χ3n) is 2.74. The number of halogens is 2. The fraction of sp³-hybridized carbons (Fsp3) is 1.00. The second kappa shape index (κ2) is 4.13. The molecule has 0 aliphatic carbocycles. The van der Waals surface area contributed by atoms with Crippen LogP contribution in [0.25, 0.3) is 0 Å². The summed E-state index contributed by atoms with van der Waals surface area (Å²) in [5.41, 5.74) is 0. The zero-order valence-corrected chi connectivity index (χ0v) is 9.20. The van der Waals surface area contributed by atoms with Gasteiger partial charge in [0.2, 0.25) is 0 Å². The SMILES string of the molecule is CSN1CCC(C(C)C)CC1(F)F. The van der Waals surface area contributed by atoms with E-state index in [4.69, 9.17) is 0 Å². The quantitative estimate of drug-likeness (QED) is 0.507. The molecule has 1 saturated heterocycles. The van der Waals surface area contributed by atoms with Crippen molar-refractivity contribution in [3.05, 3.63) is 0 Å². The van der Waals surface area contributed by atoms with Crippen molar-refractivity contribution in [3.63, 3.8) is 0 Å². The Balaban J connectivity index is 2.59. The monoisotopic (exact) mass is 209 g/mol. The highest BCUT2D eigenvalue weighted by molar-refractivity contribution is 7.96. The van der Waals surface area contributed by atoms with Gasteiger partial charge in [0.25, 0.3) is 0 Å². The van der Waals surface area contributed by atoms with Gasteiger partial charge in [-0.05, 0) is 24.5 Å². The summed E-state index contributed by atoms with van der Waals surface area (Å²) in [4.78, 5) is 0. The van der Waals surface area contributed by atoms with Crippen molar-refractivity contribution in [2.45, 2.75) is 32.7 Å². The molecule has 1 unspecified atom stereocenters. The topological polar surface area (TPSA) is 3.24 Å². The van der Waals surface area contributed by atoms with Crippen LogP contribution in [0.4, 0.5) is 8.78 Å². The van der Waals surface area contributed by atoms with Gasteiger partial charge in [0.1, 0.15) is 0 Å². The fourth-order valence-corrected chi connectivity index (χ4v) is 2.39. The predicted octanol–water partition coefficient (Wildman–Crippen LogP) is 3.23. The molecule has 4 heteroatoms. The Labute approximate surface area is 83.0 Å². The van der Waals surface area contributed by atoms with E-state index in [0.717, 1.165) is 18.4 Å². The predicted molar refractivity (Wildman–Crippen MR) is 52.7 cm³/mol. The molecule has 0 radical (unpaired) electrons. The summed E-state index contributed by atoms with van der Waals surface area (Å²) in [6, 6.07) is -2.60. The van der Waals surface area contributed by atoms with Crippen LogP contribution in [0.1, 0.15) is 26.7 Å². The molecular weight excluding hydrogens is 192 g/mol. The first-order valence-corrected chi connectivity index (χ1v) is 5.85. The Kier molecular flexibility index (Phi) is 3.57. The molecular formula is C9H17F2NS. The zero-order valence-electron chi connectivity index (χ0n) is 8.39. The van der Waals surface area contributed by atoms with Crippen LogP contribution < -0.4 is 0 Å². The van der Waals surface area contributed by atoms with E-state index in [1.54, 1.807) is 6.26 Å². The number of hydrogen-bond donors (Lipinski definition) is 0. The lowest BCUT2D eigenvalue weighted by molar-refractivity contribution is -0.137. The summed E-state index contributed by atoms with van der Waals surface area (Å²) in [6.45, 7) is 4.56. The van der Waals surface area contributed by atoms with E-state index >= 15 is 0 Å². The molecule has 1 aliphatic rings. The molecule has 0 amide bonds. The third-order valence-corrected chi connectivity index (χ3v) is 3.63. The largest absolute Gasteiger partial charge is 0.313 e. The minimum absolute atomic E-state index is 0.0194. The normalized spacial score (nSPS) is 29.5. The summed E-state index contributed by atoms with van der Waals surface area (Å²) >= 11 is 1.15. The molecule has 13 heavy (non-hydrogen) atoms. The first kappa shape index (κ1) is 11.2. The molecule has 1 heterocycles. The van der Waals surface area contributed by atoms with Crippen molar-refractivity contribution in [2.24, 2.45) is 11.8 Å². The lowest BCUT2D eigenvalue weighted by atomic mass is 9.86. The summed E-state index contributed by atoms with van der Waals surface area (Å²) in [5, 5.41) is 0. The Morgan fingerprint density at radius 2 is 2.08 bits per heavy atom. The van der Waals surface area contributed by atoms with Crippen LogP contribution >= 0.6 is 11.9 Å². The molecule has 0 aromatic carbocycles. The lowest BCUT2D eigenvalue weighted by Crippen LogP contribution is -2.44. The average Bonchev–Trinajstić information content (AvgIpc) is 2.02. The van der Waals surface area contributed by atoms with Gasteiger partial charge in [-0.15, -0.1) is 0 Å². The molecule has 1 rings (SSSR count). The van der Waals surface area contributed by atoms with Gasteiger partial charge in [-0.1, -0.05) is 25.8 Å². The van der Waals surface area contributed by atoms with Crippen molar-refractivity contribution in [2.75, 3.05) is 12.8 Å². The molecule has 0 spiro atoms. The first-order valence-electron chi connectivity index (χ1n) is 4.67. The van der Waals surface area contributed by atoms with Crippen molar-refractivity contribution in [1.82, 2.24) is 4.31 Å². The van der Waals surface area contributed by atoms with Crippen LogP contribution in [0.5, 0.6) is 0 Å². The molecule has 1 nitrogen and oxygen atoms in total. The Hall–Kier alpha value is 0.170. The molecule has 0 bridgehead atoms. The van der Waals surface area contributed by atoms with Crippen molar-refractivity contribution < 1.29 is 8.78 Å². The molecule has 1 aliphatic heterocycles. The highest BCUT2D eigenvalue weighted by Crippen LogP contribution is 2.40. The molecule has 0 aromatic rings. The highest BCUT2D eigenvalue weighted by atomic mass is 32.2. The minimum Gasteiger partial charge on any atom is -0.189 e. The van der Waals surface area contributed by atoms with E-state index in [0.29, 0.717) is 12.5 Å². The van der Waals surface area contributed by atoms with Crippen molar-refractivity contribution in [1.29, 1.82) is 0 Å². The second-order valence-electron chi connectivity index (χ2n) is 3.95. The highest BCUT2D eigenvalue weighted by Gasteiger charge is 2.43. The summed E-state index contributed by atoms with van der Waals surface area (Å²) < 4.78 is 28.0. The number of hydrogen-bond acceptors (Lipinski definition) is 2. The van der Waals surface area contributed by atoms with Crippen molar-refractivity contribution >= 4 is 11.9 Å². The Morgan fingerprint density at radius 1 is 1.46 bits per heavy atom. The number of nitrogens with zero attached hydrogens (tertiary/aromatic N) is 1. The fourth-order valence-electron chi connectivity index (χ4n) is 1.76. The minimum atomic E-state index is -2.60. The Morgan fingerprint density at radius 3 is 2.46 bits per heavy atom. The maximum Gasteiger partial charge on any atom is 0.313 e. The van der Waals surface area contributed by atoms with Gasteiger partial charge in [-0.25, -0.2) is 0 Å². The zero-order chi connectivity index (χ0) is 10.1. The summed E-state index contributed by atoms with van der Waals surface area (Å²) in [6.07, 6.45) is 2.63. The standard InChI is InChI=1S/C9H17F2NS/c1-7(2)8-4-5-12(13-3)9(10,11)6-8/h7-8H,4-6H2,1-3H3. The molecule has 0 aromatic heterocycles. The van der Waals surface area contributed by atoms with Gasteiger partial charge in [-0.2, -0.15) is 13.1 Å². The molecule has 0 saturated carbocycles. The van der Waals surface area contributed by atoms with Crippen LogP contribution in [-0.4, -0.2) is 23.2 Å². The van der Waals surface area contributed by atoms with Crippen molar-refractivity contribution in [3.8, 4) is 0 Å². The van der Waals surface area contributed by atoms with Gasteiger partial charge in [0.05, 0.1) is 0 Å². The molecule has 1 fully saturated rings. The van der Waals surface area contributed by atoms with Crippen LogP contribution in [0, 0.1) is 11.8 Å². The third kappa shape index (κ3) is 2.56. The van der Waals surface area contributed by atoms with Gasteiger partial charge < -0.3 is 0 Å². The average molecular weight is 209 g/mol. The molecule has 78 valence electrons. The number of piperidine rings is 1. The smallest absolute Gasteiger partial charge is 0.189 e. The van der Waals surface area contributed by atoms with E-state index in [9.17, 15) is 8.78 Å². The van der Waals surface area contributed by atoms with E-state index in [1.165, 1.54) is 4.31 Å². The van der Waals surface area contributed by atoms with E-state index in [1.807, 2.05) is 13.8 Å². The lowest BCUT2D eigenvalue weighted by Gasteiger charge is -2.38. The summed E-state index contributed by atoms with van der Waals surface area (Å²) in [7, 11) is 0. The second-order valence-corrected chi connectivity index (χ2v) is 4.75. The maximum atomic E-state index is 13.4. The molecule has 1 atom stereocenters. The number of alkyl halides is 2. The first-order chi connectivity index (χ1) is 5.97. The van der Waals surface area contributed by atoms with E-state index < -0.39 is 6.05 Å². The van der Waals surface area contributed by atoms with Gasteiger partial charge in [0.15, 0.2) is 0 Å². The van der Waals surface area contributed by atoms with Crippen LogP contribution in [0.15, 0.2) is 0 Å². The van der Waals surface area contributed by atoms with Gasteiger partial charge >= 0.3 is 6.05 Å². The van der Waals surface area contributed by atoms with Crippen LogP contribution in [0.2, 0.25) is 0 Å². The van der Waals surface area contributed by atoms with Gasteiger partial charge in [0, 0.05) is 13.0 Å². The van der Waals surface area contributed by atoms with E-state index in [2.05, 4.69) is 0 Å². The summed E-state index contributed by atoms with van der Waals surface area (Å²) in [5.74, 6) is 0.549. The van der Waals surface area contributed by atoms with Gasteiger partial charge in [-0.3, -0.25) is 0 Å².